The smallest absolute Gasteiger partial charge is 0.321 e. The SMILES string of the molecule is O=C(Nc1ccccc1)N1CCC(C(=O)N2CCN(Cc3c(F)cccc3Cl)CC2)CC1. The van der Waals surface area contributed by atoms with E-state index in [0.29, 0.717) is 69.2 Å². The van der Waals surface area contributed by atoms with Gasteiger partial charge in [0.05, 0.1) is 0 Å². The largest absolute Gasteiger partial charge is 0.340 e. The molecule has 1 N–H and O–H groups in total. The van der Waals surface area contributed by atoms with Crippen LogP contribution in [0.1, 0.15) is 18.4 Å². The number of rotatable bonds is 4. The Hall–Kier alpha value is -2.64. The van der Waals surface area contributed by atoms with Crippen LogP contribution in [0.15, 0.2) is 48.5 Å². The van der Waals surface area contributed by atoms with Crippen molar-refractivity contribution in [2.75, 3.05) is 44.6 Å². The predicted molar refractivity (Wildman–Crippen MR) is 123 cm³/mol. The molecule has 0 spiro atoms. The third-order valence-corrected chi connectivity index (χ3v) is 6.64. The molecule has 2 fully saturated rings. The molecule has 0 bridgehead atoms. The molecule has 4 rings (SSSR count). The van der Waals surface area contributed by atoms with Gasteiger partial charge in [0.1, 0.15) is 5.82 Å². The van der Waals surface area contributed by atoms with Crippen molar-refractivity contribution >= 4 is 29.2 Å². The molecule has 2 aliphatic heterocycles. The summed E-state index contributed by atoms with van der Waals surface area (Å²) in [4.78, 5) is 31.3. The molecule has 2 aliphatic rings. The van der Waals surface area contributed by atoms with E-state index in [0.717, 1.165) is 5.69 Å². The fraction of sp³-hybridized carbons (Fsp3) is 0.417. The molecular formula is C24H28ClFN4O2. The average molecular weight is 459 g/mol. The number of carbonyl (C=O) groups excluding carboxylic acids is 2. The van der Waals surface area contributed by atoms with Crippen LogP contribution in [0.2, 0.25) is 5.02 Å². The molecule has 0 saturated carbocycles. The minimum Gasteiger partial charge on any atom is -0.340 e. The first-order valence-electron chi connectivity index (χ1n) is 11.1. The lowest BCUT2D eigenvalue weighted by molar-refractivity contribution is -0.138. The molecule has 3 amide bonds. The van der Waals surface area contributed by atoms with Gasteiger partial charge in [-0.05, 0) is 37.1 Å². The summed E-state index contributed by atoms with van der Waals surface area (Å²) in [6.45, 7) is 4.22. The van der Waals surface area contributed by atoms with Crippen molar-refractivity contribution < 1.29 is 14.0 Å². The fourth-order valence-corrected chi connectivity index (χ4v) is 4.57. The Balaban J connectivity index is 1.22. The van der Waals surface area contributed by atoms with Crippen molar-refractivity contribution in [1.29, 1.82) is 0 Å². The summed E-state index contributed by atoms with van der Waals surface area (Å²) in [5, 5.41) is 3.34. The van der Waals surface area contributed by atoms with Gasteiger partial charge in [-0.1, -0.05) is 35.9 Å². The molecule has 0 unspecified atom stereocenters. The Morgan fingerprint density at radius 2 is 1.59 bits per heavy atom. The standard InChI is InChI=1S/C24H28ClFN4O2/c25-21-7-4-8-22(26)20(21)17-28-13-15-29(16-14-28)23(31)18-9-11-30(12-10-18)24(32)27-19-5-2-1-3-6-19/h1-8,18H,9-17H2,(H,27,32). The third kappa shape index (κ3) is 5.40. The monoisotopic (exact) mass is 458 g/mol. The summed E-state index contributed by atoms with van der Waals surface area (Å²) >= 11 is 6.15. The highest BCUT2D eigenvalue weighted by atomic mass is 35.5. The number of benzene rings is 2. The maximum Gasteiger partial charge on any atom is 0.321 e. The zero-order valence-electron chi connectivity index (χ0n) is 18.0. The van der Waals surface area contributed by atoms with E-state index in [-0.39, 0.29) is 23.7 Å². The highest BCUT2D eigenvalue weighted by molar-refractivity contribution is 6.31. The number of likely N-dealkylation sites (tertiary alicyclic amines) is 1. The van der Waals surface area contributed by atoms with Gasteiger partial charge in [0.25, 0.3) is 0 Å². The first kappa shape index (κ1) is 22.6. The van der Waals surface area contributed by atoms with Crippen LogP contribution in [0.25, 0.3) is 0 Å². The van der Waals surface area contributed by atoms with Gasteiger partial charge in [-0.15, -0.1) is 0 Å². The Bertz CT molecular complexity index is 922. The number of nitrogens with one attached hydrogen (secondary N) is 1. The number of hydrogen-bond acceptors (Lipinski definition) is 3. The lowest BCUT2D eigenvalue weighted by atomic mass is 9.95. The molecule has 8 heteroatoms. The zero-order chi connectivity index (χ0) is 22.5. The van der Waals surface area contributed by atoms with E-state index < -0.39 is 0 Å². The first-order chi connectivity index (χ1) is 15.5. The van der Waals surface area contributed by atoms with Crippen molar-refractivity contribution in [1.82, 2.24) is 14.7 Å². The van der Waals surface area contributed by atoms with Gasteiger partial charge in [0.15, 0.2) is 0 Å². The molecule has 6 nitrogen and oxygen atoms in total. The van der Waals surface area contributed by atoms with Crippen LogP contribution in [0.4, 0.5) is 14.9 Å². The zero-order valence-corrected chi connectivity index (χ0v) is 18.7. The second-order valence-electron chi connectivity index (χ2n) is 8.36. The molecule has 32 heavy (non-hydrogen) atoms. The molecule has 0 aromatic heterocycles. The van der Waals surface area contributed by atoms with E-state index in [9.17, 15) is 14.0 Å². The molecule has 170 valence electrons. The summed E-state index contributed by atoms with van der Waals surface area (Å²) in [7, 11) is 0. The van der Waals surface area contributed by atoms with Gasteiger partial charge in [-0.2, -0.15) is 0 Å². The number of carbonyl (C=O) groups is 2. The van der Waals surface area contributed by atoms with Crippen LogP contribution in [-0.2, 0) is 11.3 Å². The topological polar surface area (TPSA) is 55.9 Å². The molecule has 2 aromatic carbocycles. The highest BCUT2D eigenvalue weighted by Crippen LogP contribution is 2.24. The average Bonchev–Trinajstić information content (AvgIpc) is 2.82. The maximum atomic E-state index is 14.1. The summed E-state index contributed by atoms with van der Waals surface area (Å²) in [6.07, 6.45) is 1.35. The number of anilines is 1. The van der Waals surface area contributed by atoms with Gasteiger partial charge in [-0.3, -0.25) is 9.69 Å². The van der Waals surface area contributed by atoms with Crippen LogP contribution in [0.5, 0.6) is 0 Å². The number of halogens is 2. The quantitative estimate of drug-likeness (QED) is 0.751. The van der Waals surface area contributed by atoms with Crippen LogP contribution in [0.3, 0.4) is 0 Å². The second kappa shape index (κ2) is 10.3. The lowest BCUT2D eigenvalue weighted by Crippen LogP contribution is -2.52. The highest BCUT2D eigenvalue weighted by Gasteiger charge is 2.32. The number of para-hydroxylation sites is 1. The van der Waals surface area contributed by atoms with Crippen LogP contribution < -0.4 is 5.32 Å². The van der Waals surface area contributed by atoms with E-state index in [4.69, 9.17) is 11.6 Å². The van der Waals surface area contributed by atoms with Gasteiger partial charge >= 0.3 is 6.03 Å². The molecule has 2 aromatic rings. The molecular weight excluding hydrogens is 431 g/mol. The Kier molecular flexibility index (Phi) is 7.27. The van der Waals surface area contributed by atoms with Crippen LogP contribution in [0, 0.1) is 11.7 Å². The van der Waals surface area contributed by atoms with Gasteiger partial charge in [0.2, 0.25) is 5.91 Å². The number of nitrogens with zero attached hydrogens (tertiary/aromatic N) is 3. The van der Waals surface area contributed by atoms with Crippen LogP contribution >= 0.6 is 11.6 Å². The van der Waals surface area contributed by atoms with Crippen molar-refractivity contribution in [3.8, 4) is 0 Å². The molecule has 2 saturated heterocycles. The second-order valence-corrected chi connectivity index (χ2v) is 8.77. The number of piperazine rings is 1. The maximum absolute atomic E-state index is 14.1. The van der Waals surface area contributed by atoms with Crippen molar-refractivity contribution in [2.24, 2.45) is 5.92 Å². The van der Waals surface area contributed by atoms with Gasteiger partial charge in [-0.25, -0.2) is 9.18 Å². The number of urea groups is 1. The Morgan fingerprint density at radius 1 is 0.906 bits per heavy atom. The molecule has 0 aliphatic carbocycles. The van der Waals surface area contributed by atoms with Crippen molar-refractivity contribution in [3.63, 3.8) is 0 Å². The molecule has 2 heterocycles. The van der Waals surface area contributed by atoms with E-state index in [1.54, 1.807) is 17.0 Å². The number of piperidine rings is 1. The Morgan fingerprint density at radius 3 is 2.25 bits per heavy atom. The van der Waals surface area contributed by atoms with Gasteiger partial charge < -0.3 is 15.1 Å². The predicted octanol–water partition coefficient (Wildman–Crippen LogP) is 4.07. The number of hydrogen-bond donors (Lipinski definition) is 1. The first-order valence-corrected chi connectivity index (χ1v) is 11.4. The molecule has 0 atom stereocenters. The minimum atomic E-state index is -0.293. The summed E-state index contributed by atoms with van der Waals surface area (Å²) < 4.78 is 14.1. The minimum absolute atomic E-state index is 0.0525. The van der Waals surface area contributed by atoms with E-state index in [1.165, 1.54) is 6.07 Å². The number of amides is 3. The summed E-state index contributed by atoms with van der Waals surface area (Å²) in [6, 6.07) is 14.0. The van der Waals surface area contributed by atoms with E-state index in [1.807, 2.05) is 35.2 Å². The molecule has 0 radical (unpaired) electrons. The lowest BCUT2D eigenvalue weighted by Gasteiger charge is -2.38. The Labute approximate surface area is 192 Å². The summed E-state index contributed by atoms with van der Waals surface area (Å²) in [5.74, 6) is -0.181. The van der Waals surface area contributed by atoms with Crippen molar-refractivity contribution in [2.45, 2.75) is 19.4 Å². The van der Waals surface area contributed by atoms with E-state index >= 15 is 0 Å². The normalized spacial score (nSPS) is 17.9. The van der Waals surface area contributed by atoms with Crippen LogP contribution in [-0.4, -0.2) is 65.9 Å². The van der Waals surface area contributed by atoms with Crippen molar-refractivity contribution in [3.05, 3.63) is 64.9 Å². The van der Waals surface area contributed by atoms with Gasteiger partial charge in [0, 0.05) is 68.0 Å². The third-order valence-electron chi connectivity index (χ3n) is 6.28. The summed E-state index contributed by atoms with van der Waals surface area (Å²) in [5.41, 5.74) is 1.28. The van der Waals surface area contributed by atoms with E-state index in [2.05, 4.69) is 10.2 Å². The fourth-order valence-electron chi connectivity index (χ4n) is 4.35.